The fourth-order valence-corrected chi connectivity index (χ4v) is 2.79. The predicted molar refractivity (Wildman–Crippen MR) is 89.3 cm³/mol. The molecule has 1 aliphatic rings. The number of aromatic nitrogens is 1. The standard InChI is InChI=1S/C18H23N3O3/c1-2-15-6-7-17(24-15)16-13-23-10-9-21(16)12-18(22)20-11-14-5-3-4-8-19-14/h3-8,16H,2,9-13H2,1H3,(H,20,22). The van der Waals surface area contributed by atoms with Crippen LogP contribution in [0.1, 0.15) is 30.2 Å². The van der Waals surface area contributed by atoms with Crippen LogP contribution >= 0.6 is 0 Å². The van der Waals surface area contributed by atoms with Gasteiger partial charge in [-0.05, 0) is 24.3 Å². The topological polar surface area (TPSA) is 67.6 Å². The number of nitrogens with zero attached hydrogens (tertiary/aromatic N) is 2. The van der Waals surface area contributed by atoms with Gasteiger partial charge in [-0.1, -0.05) is 13.0 Å². The molecule has 0 saturated carbocycles. The van der Waals surface area contributed by atoms with Crippen LogP contribution in [0.15, 0.2) is 40.9 Å². The van der Waals surface area contributed by atoms with Gasteiger partial charge in [0.15, 0.2) is 0 Å². The van der Waals surface area contributed by atoms with Crippen molar-refractivity contribution in [2.24, 2.45) is 0 Å². The van der Waals surface area contributed by atoms with Gasteiger partial charge < -0.3 is 14.5 Å². The summed E-state index contributed by atoms with van der Waals surface area (Å²) in [4.78, 5) is 18.6. The molecule has 6 nitrogen and oxygen atoms in total. The third-order valence-electron chi connectivity index (χ3n) is 4.14. The van der Waals surface area contributed by atoms with E-state index >= 15 is 0 Å². The smallest absolute Gasteiger partial charge is 0.234 e. The van der Waals surface area contributed by atoms with Gasteiger partial charge in [0, 0.05) is 19.2 Å². The highest BCUT2D eigenvalue weighted by molar-refractivity contribution is 5.78. The molecular weight excluding hydrogens is 306 g/mol. The lowest BCUT2D eigenvalue weighted by Crippen LogP contribution is -2.45. The summed E-state index contributed by atoms with van der Waals surface area (Å²) in [6.45, 7) is 4.71. The van der Waals surface area contributed by atoms with E-state index in [9.17, 15) is 4.79 Å². The highest BCUT2D eigenvalue weighted by Crippen LogP contribution is 2.25. The van der Waals surface area contributed by atoms with Crippen molar-refractivity contribution in [1.82, 2.24) is 15.2 Å². The number of morpholine rings is 1. The lowest BCUT2D eigenvalue weighted by molar-refractivity contribution is -0.125. The van der Waals surface area contributed by atoms with Gasteiger partial charge in [-0.3, -0.25) is 14.7 Å². The molecule has 1 saturated heterocycles. The second kappa shape index (κ2) is 8.08. The number of carbonyl (C=O) groups excluding carboxylic acids is 1. The van der Waals surface area contributed by atoms with E-state index in [0.717, 1.165) is 23.6 Å². The molecule has 0 spiro atoms. The van der Waals surface area contributed by atoms with E-state index in [1.165, 1.54) is 0 Å². The number of amides is 1. The Morgan fingerprint density at radius 2 is 2.29 bits per heavy atom. The zero-order valence-corrected chi connectivity index (χ0v) is 13.9. The molecule has 1 aliphatic heterocycles. The second-order valence-corrected chi connectivity index (χ2v) is 5.82. The number of carbonyl (C=O) groups is 1. The minimum absolute atomic E-state index is 0.0142. The minimum Gasteiger partial charge on any atom is -0.464 e. The molecule has 0 bridgehead atoms. The van der Waals surface area contributed by atoms with Crippen LogP contribution in [0.2, 0.25) is 0 Å². The fraction of sp³-hybridized carbons (Fsp3) is 0.444. The zero-order valence-electron chi connectivity index (χ0n) is 13.9. The van der Waals surface area contributed by atoms with E-state index < -0.39 is 0 Å². The summed E-state index contributed by atoms with van der Waals surface area (Å²) in [6.07, 6.45) is 2.58. The van der Waals surface area contributed by atoms with Gasteiger partial charge in [-0.25, -0.2) is 0 Å². The lowest BCUT2D eigenvalue weighted by atomic mass is 10.1. The average Bonchev–Trinajstić information content (AvgIpc) is 3.10. The van der Waals surface area contributed by atoms with Gasteiger partial charge in [0.05, 0.1) is 38.0 Å². The summed E-state index contributed by atoms with van der Waals surface area (Å²) in [7, 11) is 0. The van der Waals surface area contributed by atoms with Gasteiger partial charge in [-0.2, -0.15) is 0 Å². The number of hydrogen-bond donors (Lipinski definition) is 1. The van der Waals surface area contributed by atoms with Gasteiger partial charge >= 0.3 is 0 Å². The van der Waals surface area contributed by atoms with Crippen LogP contribution in [0.25, 0.3) is 0 Å². The van der Waals surface area contributed by atoms with E-state index in [1.54, 1.807) is 6.20 Å². The Balaban J connectivity index is 1.58. The van der Waals surface area contributed by atoms with E-state index in [1.807, 2.05) is 30.3 Å². The molecule has 0 aromatic carbocycles. The molecule has 6 heteroatoms. The molecule has 3 heterocycles. The molecule has 1 fully saturated rings. The molecule has 3 rings (SSSR count). The second-order valence-electron chi connectivity index (χ2n) is 5.82. The Bertz CT molecular complexity index is 657. The van der Waals surface area contributed by atoms with Crippen LogP contribution in [0.3, 0.4) is 0 Å². The molecule has 0 aliphatic carbocycles. The Kier molecular flexibility index (Phi) is 5.61. The largest absolute Gasteiger partial charge is 0.464 e. The number of nitrogens with one attached hydrogen (secondary N) is 1. The Labute approximate surface area is 141 Å². The van der Waals surface area contributed by atoms with E-state index in [2.05, 4.69) is 22.1 Å². The van der Waals surface area contributed by atoms with Crippen molar-refractivity contribution in [3.05, 3.63) is 53.7 Å². The quantitative estimate of drug-likeness (QED) is 0.877. The molecule has 24 heavy (non-hydrogen) atoms. The van der Waals surface area contributed by atoms with Crippen molar-refractivity contribution in [1.29, 1.82) is 0 Å². The maximum atomic E-state index is 12.3. The van der Waals surface area contributed by atoms with Crippen molar-refractivity contribution < 1.29 is 13.9 Å². The molecular formula is C18H23N3O3. The van der Waals surface area contributed by atoms with Crippen LogP contribution in [-0.4, -0.2) is 42.1 Å². The zero-order chi connectivity index (χ0) is 16.8. The van der Waals surface area contributed by atoms with Gasteiger partial charge in [0.2, 0.25) is 5.91 Å². The number of ether oxygens (including phenoxy) is 1. The monoisotopic (exact) mass is 329 g/mol. The first kappa shape index (κ1) is 16.7. The first-order valence-corrected chi connectivity index (χ1v) is 8.33. The summed E-state index contributed by atoms with van der Waals surface area (Å²) in [5.41, 5.74) is 0.850. The highest BCUT2D eigenvalue weighted by Gasteiger charge is 2.28. The maximum absolute atomic E-state index is 12.3. The van der Waals surface area contributed by atoms with Crippen molar-refractivity contribution in [2.75, 3.05) is 26.3 Å². The van der Waals surface area contributed by atoms with Crippen LogP contribution in [-0.2, 0) is 22.5 Å². The Morgan fingerprint density at radius 3 is 3.04 bits per heavy atom. The summed E-state index contributed by atoms with van der Waals surface area (Å²) in [5, 5.41) is 2.92. The number of hydrogen-bond acceptors (Lipinski definition) is 5. The first-order chi connectivity index (χ1) is 11.8. The molecule has 1 unspecified atom stereocenters. The molecule has 1 amide bonds. The summed E-state index contributed by atoms with van der Waals surface area (Å²) in [5.74, 6) is 1.80. The van der Waals surface area contributed by atoms with Crippen LogP contribution < -0.4 is 5.32 Å². The number of aryl methyl sites for hydroxylation is 1. The van der Waals surface area contributed by atoms with Gasteiger partial charge in [-0.15, -0.1) is 0 Å². The summed E-state index contributed by atoms with van der Waals surface area (Å²) < 4.78 is 11.4. The van der Waals surface area contributed by atoms with Crippen molar-refractivity contribution >= 4 is 5.91 Å². The number of rotatable bonds is 6. The molecule has 0 radical (unpaired) electrons. The average molecular weight is 329 g/mol. The third kappa shape index (κ3) is 4.21. The van der Waals surface area contributed by atoms with Crippen LogP contribution in [0.5, 0.6) is 0 Å². The normalized spacial score (nSPS) is 18.5. The molecule has 128 valence electrons. The SMILES string of the molecule is CCc1ccc(C2COCCN2CC(=O)NCc2ccccn2)o1. The Hall–Kier alpha value is -2.18. The van der Waals surface area contributed by atoms with Gasteiger partial charge in [0.1, 0.15) is 11.5 Å². The molecule has 2 aromatic heterocycles. The minimum atomic E-state index is -0.0187. The van der Waals surface area contributed by atoms with Crippen LogP contribution in [0, 0.1) is 0 Å². The Morgan fingerprint density at radius 1 is 1.38 bits per heavy atom. The van der Waals surface area contributed by atoms with E-state index in [4.69, 9.17) is 9.15 Å². The molecule has 2 aromatic rings. The van der Waals surface area contributed by atoms with E-state index in [-0.39, 0.29) is 11.9 Å². The van der Waals surface area contributed by atoms with Crippen molar-refractivity contribution in [3.8, 4) is 0 Å². The number of furan rings is 1. The molecule has 1 atom stereocenters. The van der Waals surface area contributed by atoms with Crippen molar-refractivity contribution in [3.63, 3.8) is 0 Å². The first-order valence-electron chi connectivity index (χ1n) is 8.33. The van der Waals surface area contributed by atoms with Gasteiger partial charge in [0.25, 0.3) is 0 Å². The number of pyridine rings is 1. The molecule has 1 N–H and O–H groups in total. The highest BCUT2D eigenvalue weighted by atomic mass is 16.5. The predicted octanol–water partition coefficient (Wildman–Crippen LogP) is 1.93. The maximum Gasteiger partial charge on any atom is 0.234 e. The summed E-state index contributed by atoms with van der Waals surface area (Å²) >= 11 is 0. The van der Waals surface area contributed by atoms with E-state index in [0.29, 0.717) is 32.8 Å². The summed E-state index contributed by atoms with van der Waals surface area (Å²) in [6, 6.07) is 9.62. The third-order valence-corrected chi connectivity index (χ3v) is 4.14. The fourth-order valence-electron chi connectivity index (χ4n) is 2.79. The van der Waals surface area contributed by atoms with Crippen LogP contribution in [0.4, 0.5) is 0 Å². The van der Waals surface area contributed by atoms with Crippen molar-refractivity contribution in [2.45, 2.75) is 25.9 Å². The lowest BCUT2D eigenvalue weighted by Gasteiger charge is -2.33.